The van der Waals surface area contributed by atoms with Gasteiger partial charge in [0.1, 0.15) is 0 Å². The Morgan fingerprint density at radius 3 is 1.36 bits per heavy atom. The van der Waals surface area contributed by atoms with Crippen LogP contribution in [0.15, 0.2) is 34.5 Å². The molecule has 14 heavy (non-hydrogen) atoms. The zero-order valence-electron chi connectivity index (χ0n) is 8.30. The van der Waals surface area contributed by atoms with E-state index in [0.717, 1.165) is 26.1 Å². The normalized spacial score (nSPS) is 19.4. The number of allylic oxidation sites excluding steroid dienone is 2. The van der Waals surface area contributed by atoms with Crippen molar-refractivity contribution in [2.75, 3.05) is 13.2 Å². The molecule has 3 rings (SSSR count). The Hall–Kier alpha value is -1.22. The number of hydrogen-bond donors (Lipinski definition) is 0. The van der Waals surface area contributed by atoms with Crippen LogP contribution in [0.5, 0.6) is 0 Å². The minimum absolute atomic E-state index is 1.00. The Balaban J connectivity index is 0.000000106. The van der Waals surface area contributed by atoms with E-state index in [1.54, 1.807) is 12.4 Å². The van der Waals surface area contributed by atoms with Crippen molar-refractivity contribution in [3.63, 3.8) is 0 Å². The Labute approximate surface area is 84.9 Å². The van der Waals surface area contributed by atoms with Crippen molar-refractivity contribution in [3.05, 3.63) is 24.6 Å². The first kappa shape index (κ1) is 10.9. The highest BCUT2D eigenvalue weighted by Crippen LogP contribution is 1.93. The fourth-order valence-corrected chi connectivity index (χ4v) is 0.753. The van der Waals surface area contributed by atoms with Crippen LogP contribution < -0.4 is 0 Å². The van der Waals surface area contributed by atoms with Gasteiger partial charge in [-0.1, -0.05) is 12.2 Å². The van der Waals surface area contributed by atoms with Crippen LogP contribution >= 0.6 is 0 Å². The third-order valence-electron chi connectivity index (χ3n) is 1.65. The molecule has 0 amide bonds. The van der Waals surface area contributed by atoms with Crippen LogP contribution in [-0.2, 0) is 4.74 Å². The lowest BCUT2D eigenvalue weighted by molar-refractivity contribution is 0.0367. The highest BCUT2D eigenvalue weighted by Gasteiger charge is 1.94. The third kappa shape index (κ3) is 6.31. The summed E-state index contributed by atoms with van der Waals surface area (Å²) in [6, 6.07) is 0. The second kappa shape index (κ2) is 8.38. The molecule has 0 radical (unpaired) electrons. The minimum atomic E-state index is 1.00. The molecule has 3 heterocycles. The highest BCUT2D eigenvalue weighted by molar-refractivity contribution is 5.63. The summed E-state index contributed by atoms with van der Waals surface area (Å²) < 4.78 is 4.72. The molecule has 0 aromatic heterocycles. The minimum Gasteiger partial charge on any atom is -0.381 e. The SMILES string of the molecule is C1=CN=CC1.C1=CN=CC1.C1COC1. The van der Waals surface area contributed by atoms with Gasteiger partial charge in [0.15, 0.2) is 0 Å². The summed E-state index contributed by atoms with van der Waals surface area (Å²) in [7, 11) is 0. The van der Waals surface area contributed by atoms with Gasteiger partial charge in [-0.2, -0.15) is 0 Å². The number of aliphatic imine (C=N–C) groups is 2. The van der Waals surface area contributed by atoms with Gasteiger partial charge in [-0.25, -0.2) is 0 Å². The number of nitrogens with zero attached hydrogens (tertiary/aromatic N) is 2. The summed E-state index contributed by atoms with van der Waals surface area (Å²) in [5.74, 6) is 0. The summed E-state index contributed by atoms with van der Waals surface area (Å²) in [6.07, 6.45) is 14.7. The van der Waals surface area contributed by atoms with E-state index in [4.69, 9.17) is 4.74 Å². The average Bonchev–Trinajstić information content (AvgIpc) is 2.81. The van der Waals surface area contributed by atoms with E-state index in [1.807, 2.05) is 24.6 Å². The topological polar surface area (TPSA) is 34.0 Å². The summed E-state index contributed by atoms with van der Waals surface area (Å²) >= 11 is 0. The van der Waals surface area contributed by atoms with Crippen molar-refractivity contribution in [2.24, 2.45) is 9.98 Å². The van der Waals surface area contributed by atoms with Crippen molar-refractivity contribution in [3.8, 4) is 0 Å². The summed E-state index contributed by atoms with van der Waals surface area (Å²) in [6.45, 7) is 2.00. The van der Waals surface area contributed by atoms with E-state index in [1.165, 1.54) is 6.42 Å². The fourth-order valence-electron chi connectivity index (χ4n) is 0.753. The Bertz CT molecular complexity index is 192. The quantitative estimate of drug-likeness (QED) is 0.580. The number of hydrogen-bond acceptors (Lipinski definition) is 3. The average molecular weight is 192 g/mol. The molecule has 0 N–H and O–H groups in total. The fraction of sp³-hybridized carbons (Fsp3) is 0.455. The van der Waals surface area contributed by atoms with Gasteiger partial charge in [0.05, 0.1) is 0 Å². The molecule has 3 heteroatoms. The van der Waals surface area contributed by atoms with E-state index in [0.29, 0.717) is 0 Å². The zero-order valence-corrected chi connectivity index (χ0v) is 8.30. The molecule has 1 saturated heterocycles. The molecule has 0 saturated carbocycles. The molecule has 76 valence electrons. The smallest absolute Gasteiger partial charge is 0.0488 e. The van der Waals surface area contributed by atoms with Gasteiger partial charge in [0.2, 0.25) is 0 Å². The zero-order chi connectivity index (χ0) is 9.90. The first-order chi connectivity index (χ1) is 7.00. The molecule has 3 aliphatic heterocycles. The predicted molar refractivity (Wildman–Crippen MR) is 59.9 cm³/mol. The second-order valence-corrected chi connectivity index (χ2v) is 2.87. The first-order valence-corrected chi connectivity index (χ1v) is 4.91. The third-order valence-corrected chi connectivity index (χ3v) is 1.65. The summed E-state index contributed by atoms with van der Waals surface area (Å²) in [5.41, 5.74) is 0. The van der Waals surface area contributed by atoms with Crippen LogP contribution in [0.25, 0.3) is 0 Å². The molecule has 0 bridgehead atoms. The second-order valence-electron chi connectivity index (χ2n) is 2.87. The first-order valence-electron chi connectivity index (χ1n) is 4.91. The molecule has 3 aliphatic rings. The monoisotopic (exact) mass is 192 g/mol. The van der Waals surface area contributed by atoms with Crippen molar-refractivity contribution >= 4 is 12.4 Å². The van der Waals surface area contributed by atoms with Gasteiger partial charge >= 0.3 is 0 Å². The largest absolute Gasteiger partial charge is 0.381 e. The van der Waals surface area contributed by atoms with E-state index in [-0.39, 0.29) is 0 Å². The van der Waals surface area contributed by atoms with Crippen LogP contribution in [-0.4, -0.2) is 25.6 Å². The van der Waals surface area contributed by atoms with Gasteiger partial charge in [-0.05, 0) is 6.42 Å². The van der Waals surface area contributed by atoms with E-state index >= 15 is 0 Å². The van der Waals surface area contributed by atoms with Crippen LogP contribution in [0.2, 0.25) is 0 Å². The predicted octanol–water partition coefficient (Wildman–Crippen LogP) is 2.36. The molecule has 3 nitrogen and oxygen atoms in total. The Morgan fingerprint density at radius 1 is 0.857 bits per heavy atom. The van der Waals surface area contributed by atoms with E-state index in [9.17, 15) is 0 Å². The van der Waals surface area contributed by atoms with Gasteiger partial charge in [-0.15, -0.1) is 0 Å². The molecule has 0 aromatic rings. The van der Waals surface area contributed by atoms with Gasteiger partial charge in [0.25, 0.3) is 0 Å². The maximum Gasteiger partial charge on any atom is 0.0488 e. The summed E-state index contributed by atoms with van der Waals surface area (Å²) in [5, 5.41) is 0. The van der Waals surface area contributed by atoms with Gasteiger partial charge < -0.3 is 4.74 Å². The van der Waals surface area contributed by atoms with Crippen molar-refractivity contribution in [1.82, 2.24) is 0 Å². The highest BCUT2D eigenvalue weighted by atomic mass is 16.5. The summed E-state index contributed by atoms with van der Waals surface area (Å²) in [4.78, 5) is 7.56. The van der Waals surface area contributed by atoms with Crippen molar-refractivity contribution in [1.29, 1.82) is 0 Å². The van der Waals surface area contributed by atoms with Crippen LogP contribution in [0.3, 0.4) is 0 Å². The lowest BCUT2D eigenvalue weighted by Crippen LogP contribution is -2.09. The van der Waals surface area contributed by atoms with Gasteiger partial charge in [0, 0.05) is 50.9 Å². The van der Waals surface area contributed by atoms with Crippen molar-refractivity contribution < 1.29 is 4.74 Å². The van der Waals surface area contributed by atoms with Crippen LogP contribution in [0.4, 0.5) is 0 Å². The molecule has 0 unspecified atom stereocenters. The number of rotatable bonds is 0. The maximum atomic E-state index is 4.72. The molecule has 0 aliphatic carbocycles. The molecule has 0 spiro atoms. The van der Waals surface area contributed by atoms with Gasteiger partial charge in [-0.3, -0.25) is 9.98 Å². The van der Waals surface area contributed by atoms with Crippen LogP contribution in [0, 0.1) is 0 Å². The molecule has 0 atom stereocenters. The standard InChI is InChI=1S/2C4H5N.C3H6O/c2*1-2-4-5-3-1;1-2-4-3-1/h2*1,3-4H,2H2;1-3H2. The lowest BCUT2D eigenvalue weighted by Gasteiger charge is -2.09. The lowest BCUT2D eigenvalue weighted by atomic mass is 10.4. The van der Waals surface area contributed by atoms with E-state index < -0.39 is 0 Å². The van der Waals surface area contributed by atoms with E-state index in [2.05, 4.69) is 9.98 Å². The Morgan fingerprint density at radius 2 is 1.29 bits per heavy atom. The molecular weight excluding hydrogens is 176 g/mol. The molecular formula is C11H16N2O. The maximum absolute atomic E-state index is 4.72. The number of ether oxygens (including phenoxy) is 1. The molecule has 1 fully saturated rings. The van der Waals surface area contributed by atoms with Crippen LogP contribution in [0.1, 0.15) is 19.3 Å². The van der Waals surface area contributed by atoms with Crippen molar-refractivity contribution in [2.45, 2.75) is 19.3 Å². The molecule has 0 aromatic carbocycles. The Kier molecular flexibility index (Phi) is 6.50.